The molecule has 0 radical (unpaired) electrons. The van der Waals surface area contributed by atoms with Crippen LogP contribution in [0, 0.1) is 6.92 Å². The van der Waals surface area contributed by atoms with Crippen molar-refractivity contribution in [3.8, 4) is 0 Å². The Bertz CT molecular complexity index is 340. The molecule has 0 aliphatic heterocycles. The minimum Gasteiger partial charge on any atom is -0.312 e. The summed E-state index contributed by atoms with van der Waals surface area (Å²) >= 11 is 0. The van der Waals surface area contributed by atoms with Gasteiger partial charge in [0.25, 0.3) is 0 Å². The minimum absolute atomic E-state index is 0.446. The monoisotopic (exact) mass is 232 g/mol. The van der Waals surface area contributed by atoms with Gasteiger partial charge >= 0.3 is 0 Å². The highest BCUT2D eigenvalue weighted by atomic mass is 15.2. The predicted octanol–water partition coefficient (Wildman–Crippen LogP) is 2.74. The third-order valence-electron chi connectivity index (χ3n) is 4.00. The fraction of sp³-hybridized carbons (Fsp3) is 0.600. The number of hydrogen-bond donors (Lipinski definition) is 1. The van der Waals surface area contributed by atoms with E-state index in [1.165, 1.54) is 30.4 Å². The van der Waals surface area contributed by atoms with Crippen LogP contribution in [0.3, 0.4) is 0 Å². The van der Waals surface area contributed by atoms with E-state index < -0.39 is 0 Å². The molecule has 1 unspecified atom stereocenters. The molecule has 0 saturated heterocycles. The van der Waals surface area contributed by atoms with E-state index >= 15 is 0 Å². The average Bonchev–Trinajstić information content (AvgIpc) is 2.25. The molecule has 0 heterocycles. The average molecular weight is 232 g/mol. The molecular formula is C15H24N2. The lowest BCUT2D eigenvalue weighted by Crippen LogP contribution is -2.41. The second kappa shape index (κ2) is 5.65. The molecule has 1 aromatic carbocycles. The van der Waals surface area contributed by atoms with Crippen LogP contribution in [-0.2, 0) is 0 Å². The summed E-state index contributed by atoms with van der Waals surface area (Å²) in [7, 11) is 4.31. The van der Waals surface area contributed by atoms with Crippen molar-refractivity contribution in [1.82, 2.24) is 10.2 Å². The van der Waals surface area contributed by atoms with E-state index in [1.807, 2.05) is 0 Å². The van der Waals surface area contributed by atoms with Crippen LogP contribution < -0.4 is 5.32 Å². The smallest absolute Gasteiger partial charge is 0.0446 e. The Kier molecular flexibility index (Phi) is 4.19. The van der Waals surface area contributed by atoms with Gasteiger partial charge in [0.1, 0.15) is 0 Å². The second-order valence-corrected chi connectivity index (χ2v) is 5.28. The number of hydrogen-bond acceptors (Lipinski definition) is 2. The topological polar surface area (TPSA) is 15.3 Å². The number of nitrogens with one attached hydrogen (secondary N) is 1. The van der Waals surface area contributed by atoms with Crippen LogP contribution in [0.15, 0.2) is 24.3 Å². The van der Waals surface area contributed by atoms with E-state index in [0.717, 1.165) is 12.6 Å². The summed E-state index contributed by atoms with van der Waals surface area (Å²) in [5.41, 5.74) is 2.72. The normalized spacial score (nSPS) is 18.1. The largest absolute Gasteiger partial charge is 0.312 e. The lowest BCUT2D eigenvalue weighted by atomic mass is 9.91. The minimum atomic E-state index is 0.446. The van der Waals surface area contributed by atoms with Crippen LogP contribution in [0.4, 0.5) is 0 Å². The summed E-state index contributed by atoms with van der Waals surface area (Å²) in [6, 6.07) is 10.1. The molecule has 0 aromatic heterocycles. The molecule has 2 nitrogen and oxygen atoms in total. The van der Waals surface area contributed by atoms with E-state index in [-0.39, 0.29) is 0 Å². The standard InChI is InChI=1S/C15H24N2/c1-12-7-9-13(10-8-12)15(16-2)11-17(3)14-5-4-6-14/h7-10,14-16H,4-6,11H2,1-3H3. The molecule has 0 bridgehead atoms. The molecule has 1 saturated carbocycles. The maximum Gasteiger partial charge on any atom is 0.0446 e. The Hall–Kier alpha value is -0.860. The van der Waals surface area contributed by atoms with Gasteiger partial charge < -0.3 is 10.2 Å². The number of benzene rings is 1. The highest BCUT2D eigenvalue weighted by Crippen LogP contribution is 2.25. The van der Waals surface area contributed by atoms with Crippen LogP contribution in [0.2, 0.25) is 0 Å². The Morgan fingerprint density at radius 2 is 1.94 bits per heavy atom. The quantitative estimate of drug-likeness (QED) is 0.840. The first-order valence-corrected chi connectivity index (χ1v) is 6.65. The first-order chi connectivity index (χ1) is 8.20. The number of rotatable bonds is 5. The maximum absolute atomic E-state index is 3.43. The molecule has 17 heavy (non-hydrogen) atoms. The molecular weight excluding hydrogens is 208 g/mol. The molecule has 0 amide bonds. The SMILES string of the molecule is CNC(CN(C)C1CCC1)c1ccc(C)cc1. The molecule has 0 spiro atoms. The van der Waals surface area contributed by atoms with Crippen LogP contribution in [0.1, 0.15) is 36.4 Å². The summed E-state index contributed by atoms with van der Waals surface area (Å²) in [4.78, 5) is 2.50. The van der Waals surface area contributed by atoms with E-state index in [1.54, 1.807) is 0 Å². The van der Waals surface area contributed by atoms with Crippen molar-refractivity contribution in [2.45, 2.75) is 38.3 Å². The summed E-state index contributed by atoms with van der Waals surface area (Å²) in [6.07, 6.45) is 4.16. The van der Waals surface area contributed by atoms with E-state index in [2.05, 4.69) is 55.5 Å². The van der Waals surface area contributed by atoms with E-state index in [9.17, 15) is 0 Å². The number of nitrogens with zero attached hydrogens (tertiary/aromatic N) is 1. The van der Waals surface area contributed by atoms with Crippen LogP contribution in [0.25, 0.3) is 0 Å². The van der Waals surface area contributed by atoms with Crippen molar-refractivity contribution in [2.75, 3.05) is 20.6 Å². The zero-order valence-corrected chi connectivity index (χ0v) is 11.2. The lowest BCUT2D eigenvalue weighted by Gasteiger charge is -2.36. The third kappa shape index (κ3) is 3.08. The molecule has 1 fully saturated rings. The van der Waals surface area contributed by atoms with Gasteiger partial charge in [-0.15, -0.1) is 0 Å². The van der Waals surface area contributed by atoms with Gasteiger partial charge in [0.2, 0.25) is 0 Å². The van der Waals surface area contributed by atoms with Gasteiger partial charge in [-0.25, -0.2) is 0 Å². The van der Waals surface area contributed by atoms with Gasteiger partial charge in [-0.05, 0) is 39.4 Å². The Morgan fingerprint density at radius 1 is 1.29 bits per heavy atom. The Morgan fingerprint density at radius 3 is 2.41 bits per heavy atom. The van der Waals surface area contributed by atoms with Gasteiger partial charge in [-0.2, -0.15) is 0 Å². The van der Waals surface area contributed by atoms with Crippen LogP contribution in [0.5, 0.6) is 0 Å². The van der Waals surface area contributed by atoms with Gasteiger partial charge in [0.15, 0.2) is 0 Å². The molecule has 1 N–H and O–H groups in total. The summed E-state index contributed by atoms with van der Waals surface area (Å²) in [6.45, 7) is 3.24. The molecule has 1 aliphatic carbocycles. The molecule has 2 rings (SSSR count). The van der Waals surface area contributed by atoms with Gasteiger partial charge in [0, 0.05) is 18.6 Å². The van der Waals surface area contributed by atoms with Crippen molar-refractivity contribution in [2.24, 2.45) is 0 Å². The molecule has 94 valence electrons. The second-order valence-electron chi connectivity index (χ2n) is 5.28. The Labute approximate surface area is 105 Å². The first-order valence-electron chi connectivity index (χ1n) is 6.65. The zero-order chi connectivity index (χ0) is 12.3. The molecule has 1 aromatic rings. The van der Waals surface area contributed by atoms with Crippen molar-refractivity contribution in [1.29, 1.82) is 0 Å². The summed E-state index contributed by atoms with van der Waals surface area (Å²) < 4.78 is 0. The molecule has 2 heteroatoms. The Balaban J connectivity index is 1.97. The summed E-state index contributed by atoms with van der Waals surface area (Å²) in [5.74, 6) is 0. The predicted molar refractivity (Wildman–Crippen MR) is 73.2 cm³/mol. The maximum atomic E-state index is 3.43. The van der Waals surface area contributed by atoms with Crippen LogP contribution in [-0.4, -0.2) is 31.6 Å². The highest BCUT2D eigenvalue weighted by Gasteiger charge is 2.24. The molecule has 1 atom stereocenters. The van der Waals surface area contributed by atoms with Crippen molar-refractivity contribution >= 4 is 0 Å². The number of likely N-dealkylation sites (N-methyl/N-ethyl adjacent to an activating group) is 2. The fourth-order valence-corrected chi connectivity index (χ4v) is 2.43. The molecule has 1 aliphatic rings. The van der Waals surface area contributed by atoms with Crippen molar-refractivity contribution < 1.29 is 0 Å². The third-order valence-corrected chi connectivity index (χ3v) is 4.00. The van der Waals surface area contributed by atoms with Crippen molar-refractivity contribution in [3.63, 3.8) is 0 Å². The fourth-order valence-electron chi connectivity index (χ4n) is 2.43. The van der Waals surface area contributed by atoms with Gasteiger partial charge in [0.05, 0.1) is 0 Å². The lowest BCUT2D eigenvalue weighted by molar-refractivity contribution is 0.147. The summed E-state index contributed by atoms with van der Waals surface area (Å²) in [5, 5.41) is 3.43. The highest BCUT2D eigenvalue weighted by molar-refractivity contribution is 5.24. The van der Waals surface area contributed by atoms with E-state index in [4.69, 9.17) is 0 Å². The first kappa shape index (κ1) is 12.6. The van der Waals surface area contributed by atoms with Crippen LogP contribution >= 0.6 is 0 Å². The van der Waals surface area contributed by atoms with Crippen molar-refractivity contribution in [3.05, 3.63) is 35.4 Å². The zero-order valence-electron chi connectivity index (χ0n) is 11.2. The van der Waals surface area contributed by atoms with Gasteiger partial charge in [-0.1, -0.05) is 36.2 Å². The van der Waals surface area contributed by atoms with Gasteiger partial charge in [-0.3, -0.25) is 0 Å². The van der Waals surface area contributed by atoms with E-state index in [0.29, 0.717) is 6.04 Å². The number of aryl methyl sites for hydroxylation is 1.